The second-order valence-corrected chi connectivity index (χ2v) is 4.93. The number of piperidine rings is 1. The normalized spacial score (nSPS) is 21.0. The van der Waals surface area contributed by atoms with Crippen LogP contribution in [0.2, 0.25) is 0 Å². The van der Waals surface area contributed by atoms with Gasteiger partial charge in [0.2, 0.25) is 0 Å². The average Bonchev–Trinajstić information content (AvgIpc) is 2.78. The molecule has 0 aliphatic carbocycles. The molecule has 4 heteroatoms. The lowest BCUT2D eigenvalue weighted by Gasteiger charge is -2.24. The van der Waals surface area contributed by atoms with E-state index in [-0.39, 0.29) is 0 Å². The summed E-state index contributed by atoms with van der Waals surface area (Å²) in [7, 11) is 0. The molecular weight excluding hydrogens is 214 g/mol. The number of nitrogens with zero attached hydrogens (tertiary/aromatic N) is 2. The van der Waals surface area contributed by atoms with Crippen molar-refractivity contribution in [3.05, 3.63) is 18.2 Å². The van der Waals surface area contributed by atoms with Gasteiger partial charge >= 0.3 is 0 Å². The van der Waals surface area contributed by atoms with Crippen LogP contribution in [0.15, 0.2) is 12.5 Å². The summed E-state index contributed by atoms with van der Waals surface area (Å²) in [6, 6.07) is 0.477. The highest BCUT2D eigenvalue weighted by molar-refractivity contribution is 5.06. The topological polar surface area (TPSA) is 39.1 Å². The quantitative estimate of drug-likeness (QED) is 0.852. The van der Waals surface area contributed by atoms with Gasteiger partial charge in [-0.2, -0.15) is 0 Å². The summed E-state index contributed by atoms with van der Waals surface area (Å²) in [6.45, 7) is 6.91. The van der Waals surface area contributed by atoms with Gasteiger partial charge < -0.3 is 14.6 Å². The second-order valence-electron chi connectivity index (χ2n) is 4.93. The maximum Gasteiger partial charge on any atom is 0.0949 e. The van der Waals surface area contributed by atoms with Crippen molar-refractivity contribution in [3.63, 3.8) is 0 Å². The smallest absolute Gasteiger partial charge is 0.0949 e. The molecule has 1 aromatic rings. The zero-order valence-corrected chi connectivity index (χ0v) is 10.9. The molecular formula is C13H23N3O. The van der Waals surface area contributed by atoms with E-state index >= 15 is 0 Å². The summed E-state index contributed by atoms with van der Waals surface area (Å²) < 4.78 is 7.80. The monoisotopic (exact) mass is 237 g/mol. The summed E-state index contributed by atoms with van der Waals surface area (Å²) in [4.78, 5) is 4.26. The van der Waals surface area contributed by atoms with Crippen molar-refractivity contribution >= 4 is 0 Å². The molecule has 0 aromatic carbocycles. The number of nitrogens with one attached hydrogen (secondary N) is 1. The van der Waals surface area contributed by atoms with Crippen LogP contribution in [-0.2, 0) is 11.3 Å². The Bertz CT molecular complexity index is 329. The zero-order chi connectivity index (χ0) is 12.1. The lowest BCUT2D eigenvalue weighted by molar-refractivity contribution is 0.0720. The highest BCUT2D eigenvalue weighted by atomic mass is 16.5. The van der Waals surface area contributed by atoms with E-state index in [9.17, 15) is 0 Å². The Morgan fingerprint density at radius 3 is 3.12 bits per heavy atom. The lowest BCUT2D eigenvalue weighted by Crippen LogP contribution is -2.29. The van der Waals surface area contributed by atoms with E-state index in [1.807, 2.05) is 12.5 Å². The zero-order valence-electron chi connectivity index (χ0n) is 10.9. The molecule has 17 heavy (non-hydrogen) atoms. The molecule has 1 unspecified atom stereocenters. The first kappa shape index (κ1) is 12.6. The third-order valence-electron chi connectivity index (χ3n) is 3.20. The largest absolute Gasteiger partial charge is 0.377 e. The Hall–Kier alpha value is -0.870. The fourth-order valence-corrected chi connectivity index (χ4v) is 2.30. The third-order valence-corrected chi connectivity index (χ3v) is 3.20. The Kier molecular flexibility index (Phi) is 4.57. The highest BCUT2D eigenvalue weighted by Crippen LogP contribution is 2.22. The fourth-order valence-electron chi connectivity index (χ4n) is 2.30. The van der Waals surface area contributed by atoms with Crippen LogP contribution in [0.1, 0.15) is 44.8 Å². The maximum atomic E-state index is 5.59. The van der Waals surface area contributed by atoms with Crippen molar-refractivity contribution in [3.8, 4) is 0 Å². The van der Waals surface area contributed by atoms with Gasteiger partial charge in [0.15, 0.2) is 0 Å². The van der Waals surface area contributed by atoms with Crippen molar-refractivity contribution in [2.24, 2.45) is 0 Å². The molecule has 1 atom stereocenters. The number of hydrogen-bond acceptors (Lipinski definition) is 3. The highest BCUT2D eigenvalue weighted by Gasteiger charge is 2.18. The minimum Gasteiger partial charge on any atom is -0.377 e. The first-order chi connectivity index (χ1) is 8.27. The summed E-state index contributed by atoms with van der Waals surface area (Å²) in [5.74, 6) is 0. The van der Waals surface area contributed by atoms with Crippen molar-refractivity contribution in [2.75, 3.05) is 13.2 Å². The van der Waals surface area contributed by atoms with Crippen LogP contribution < -0.4 is 5.32 Å². The van der Waals surface area contributed by atoms with Gasteiger partial charge in [-0.25, -0.2) is 4.98 Å². The number of ether oxygens (including phenoxy) is 1. The molecule has 0 radical (unpaired) electrons. The van der Waals surface area contributed by atoms with Crippen LogP contribution in [0.5, 0.6) is 0 Å². The maximum absolute atomic E-state index is 5.59. The Balaban J connectivity index is 1.91. The number of rotatable bonds is 5. The molecule has 0 saturated carbocycles. The van der Waals surface area contributed by atoms with Crippen LogP contribution in [0.3, 0.4) is 0 Å². The molecule has 1 aliphatic heterocycles. The van der Waals surface area contributed by atoms with Crippen LogP contribution >= 0.6 is 0 Å². The molecule has 0 amide bonds. The van der Waals surface area contributed by atoms with Gasteiger partial charge in [0, 0.05) is 18.8 Å². The number of imidazole rings is 1. The second kappa shape index (κ2) is 6.17. The predicted molar refractivity (Wildman–Crippen MR) is 67.9 cm³/mol. The molecule has 0 spiro atoms. The van der Waals surface area contributed by atoms with E-state index in [0.717, 1.165) is 19.7 Å². The molecule has 2 heterocycles. The van der Waals surface area contributed by atoms with E-state index in [1.54, 1.807) is 0 Å². The van der Waals surface area contributed by atoms with Gasteiger partial charge in [0.05, 0.1) is 24.7 Å². The molecule has 2 rings (SSSR count). The van der Waals surface area contributed by atoms with Crippen molar-refractivity contribution in [2.45, 2.75) is 51.8 Å². The lowest BCUT2D eigenvalue weighted by atomic mass is 10.0. The molecule has 96 valence electrons. The Morgan fingerprint density at radius 1 is 1.53 bits per heavy atom. The van der Waals surface area contributed by atoms with Gasteiger partial charge in [-0.3, -0.25) is 0 Å². The summed E-state index contributed by atoms with van der Waals surface area (Å²) in [5.41, 5.74) is 1.30. The first-order valence-corrected chi connectivity index (χ1v) is 6.62. The third kappa shape index (κ3) is 3.54. The molecule has 4 nitrogen and oxygen atoms in total. The summed E-state index contributed by atoms with van der Waals surface area (Å²) in [5, 5.41) is 3.56. The van der Waals surface area contributed by atoms with Crippen LogP contribution in [0.4, 0.5) is 0 Å². The van der Waals surface area contributed by atoms with Gasteiger partial charge in [-0.05, 0) is 33.2 Å². The minimum atomic E-state index is 0.301. The van der Waals surface area contributed by atoms with E-state index in [4.69, 9.17) is 4.74 Å². The first-order valence-electron chi connectivity index (χ1n) is 6.62. The van der Waals surface area contributed by atoms with E-state index in [0.29, 0.717) is 12.1 Å². The standard InChI is InChI=1S/C13H23N3O/c1-11(2)17-8-7-16-10-14-9-13(16)12-5-3-4-6-15-12/h9-12,15H,3-8H2,1-2H3. The van der Waals surface area contributed by atoms with E-state index in [2.05, 4.69) is 28.7 Å². The molecule has 1 saturated heterocycles. The van der Waals surface area contributed by atoms with Crippen LogP contribution in [-0.4, -0.2) is 28.8 Å². The van der Waals surface area contributed by atoms with Crippen LogP contribution in [0, 0.1) is 0 Å². The summed E-state index contributed by atoms with van der Waals surface area (Å²) >= 11 is 0. The van der Waals surface area contributed by atoms with Gasteiger partial charge in [-0.1, -0.05) is 6.42 Å². The minimum absolute atomic E-state index is 0.301. The van der Waals surface area contributed by atoms with Gasteiger partial charge in [0.1, 0.15) is 0 Å². The Morgan fingerprint density at radius 2 is 2.41 bits per heavy atom. The molecule has 1 fully saturated rings. The predicted octanol–water partition coefficient (Wildman–Crippen LogP) is 2.12. The SMILES string of the molecule is CC(C)OCCn1cncc1C1CCCCN1. The fraction of sp³-hybridized carbons (Fsp3) is 0.769. The molecule has 1 N–H and O–H groups in total. The van der Waals surface area contributed by atoms with Crippen molar-refractivity contribution in [1.82, 2.24) is 14.9 Å². The average molecular weight is 237 g/mol. The Labute approximate surface area is 103 Å². The number of aromatic nitrogens is 2. The van der Waals surface area contributed by atoms with Crippen molar-refractivity contribution < 1.29 is 4.74 Å². The van der Waals surface area contributed by atoms with Crippen molar-refractivity contribution in [1.29, 1.82) is 0 Å². The summed E-state index contributed by atoms with van der Waals surface area (Å²) in [6.07, 6.45) is 8.02. The van der Waals surface area contributed by atoms with Gasteiger partial charge in [0.25, 0.3) is 0 Å². The van der Waals surface area contributed by atoms with E-state index < -0.39 is 0 Å². The number of hydrogen-bond donors (Lipinski definition) is 1. The molecule has 1 aromatic heterocycles. The molecule has 1 aliphatic rings. The van der Waals surface area contributed by atoms with Gasteiger partial charge in [-0.15, -0.1) is 0 Å². The van der Waals surface area contributed by atoms with Crippen LogP contribution in [0.25, 0.3) is 0 Å². The molecule has 0 bridgehead atoms. The van der Waals surface area contributed by atoms with E-state index in [1.165, 1.54) is 25.0 Å².